The molecule has 0 fully saturated rings. The zero-order valence-electron chi connectivity index (χ0n) is 12.4. The first kappa shape index (κ1) is 17.2. The molecule has 0 bridgehead atoms. The SMILES string of the molecule is [C-]#Cc1ccc(-c2cc(Cn3ccnc3C(C)O)no2)cc1.[W]. The van der Waals surface area contributed by atoms with E-state index >= 15 is 0 Å². The molecule has 0 radical (unpaired) electrons. The van der Waals surface area contributed by atoms with Crippen LogP contribution in [0.15, 0.2) is 47.2 Å². The van der Waals surface area contributed by atoms with Crippen molar-refractivity contribution in [2.45, 2.75) is 19.6 Å². The van der Waals surface area contributed by atoms with E-state index in [1.165, 1.54) is 0 Å². The molecule has 2 heterocycles. The maximum atomic E-state index is 9.66. The van der Waals surface area contributed by atoms with Crippen LogP contribution < -0.4 is 0 Å². The molecule has 0 amide bonds. The van der Waals surface area contributed by atoms with Gasteiger partial charge in [0.1, 0.15) is 17.6 Å². The van der Waals surface area contributed by atoms with Crippen molar-refractivity contribution in [3.8, 4) is 17.2 Å². The molecule has 0 aliphatic heterocycles. The number of rotatable bonds is 4. The van der Waals surface area contributed by atoms with Crippen molar-refractivity contribution in [3.05, 3.63) is 66.2 Å². The number of hydrogen-bond donors (Lipinski definition) is 1. The Labute approximate surface area is 148 Å². The molecule has 0 saturated carbocycles. The van der Waals surface area contributed by atoms with E-state index in [9.17, 15) is 5.11 Å². The molecule has 6 heteroatoms. The first-order valence-electron chi connectivity index (χ1n) is 6.85. The number of hydrogen-bond acceptors (Lipinski definition) is 4. The predicted molar refractivity (Wildman–Crippen MR) is 80.1 cm³/mol. The molecule has 1 N–H and O–H groups in total. The van der Waals surface area contributed by atoms with E-state index < -0.39 is 6.10 Å². The Hall–Kier alpha value is -2.15. The zero-order chi connectivity index (χ0) is 15.5. The quantitative estimate of drug-likeness (QED) is 0.465. The van der Waals surface area contributed by atoms with E-state index in [4.69, 9.17) is 10.9 Å². The summed E-state index contributed by atoms with van der Waals surface area (Å²) in [5, 5.41) is 13.7. The summed E-state index contributed by atoms with van der Waals surface area (Å²) in [6.07, 6.45) is 9.88. The molecule has 23 heavy (non-hydrogen) atoms. The van der Waals surface area contributed by atoms with E-state index in [0.29, 0.717) is 23.7 Å². The molecule has 1 aromatic carbocycles. The van der Waals surface area contributed by atoms with E-state index in [1.807, 2.05) is 22.8 Å². The van der Waals surface area contributed by atoms with Gasteiger partial charge in [-0.2, -0.15) is 0 Å². The number of nitrogens with zero attached hydrogens (tertiary/aromatic N) is 3. The Balaban J connectivity index is 0.00000192. The third kappa shape index (κ3) is 3.79. The molecule has 0 aliphatic rings. The monoisotopic (exact) mass is 476 g/mol. The first-order valence-corrected chi connectivity index (χ1v) is 6.85. The summed E-state index contributed by atoms with van der Waals surface area (Å²) in [5.41, 5.74) is 2.35. The second-order valence-corrected chi connectivity index (χ2v) is 4.97. The Bertz CT molecular complexity index is 813. The minimum absolute atomic E-state index is 0. The van der Waals surface area contributed by atoms with Crippen molar-refractivity contribution >= 4 is 0 Å². The van der Waals surface area contributed by atoms with Gasteiger partial charge < -0.3 is 20.6 Å². The molecule has 0 saturated heterocycles. The number of aromatic nitrogens is 3. The van der Waals surface area contributed by atoms with E-state index in [2.05, 4.69) is 16.1 Å². The van der Waals surface area contributed by atoms with Gasteiger partial charge >= 0.3 is 0 Å². The largest absolute Gasteiger partial charge is 0.385 e. The van der Waals surface area contributed by atoms with Crippen LogP contribution in [0.2, 0.25) is 0 Å². The second-order valence-electron chi connectivity index (χ2n) is 4.97. The van der Waals surface area contributed by atoms with Crippen molar-refractivity contribution in [3.63, 3.8) is 0 Å². The summed E-state index contributed by atoms with van der Waals surface area (Å²) in [7, 11) is 0. The summed E-state index contributed by atoms with van der Waals surface area (Å²) in [6, 6.07) is 9.17. The average Bonchev–Trinajstić information content (AvgIpc) is 3.17. The third-order valence-corrected chi connectivity index (χ3v) is 3.33. The van der Waals surface area contributed by atoms with Gasteiger partial charge in [-0.25, -0.2) is 4.98 Å². The topological polar surface area (TPSA) is 64.1 Å². The van der Waals surface area contributed by atoms with Crippen LogP contribution in [-0.4, -0.2) is 19.8 Å². The van der Waals surface area contributed by atoms with Gasteiger partial charge in [-0.3, -0.25) is 5.92 Å². The summed E-state index contributed by atoms with van der Waals surface area (Å²) in [4.78, 5) is 4.13. The fraction of sp³-hybridized carbons (Fsp3) is 0.176. The smallest absolute Gasteiger partial charge is 0.167 e. The van der Waals surface area contributed by atoms with Gasteiger partial charge in [0, 0.05) is 45.1 Å². The molecule has 0 spiro atoms. The van der Waals surface area contributed by atoms with Crippen LogP contribution in [0.4, 0.5) is 0 Å². The number of benzene rings is 1. The maximum Gasteiger partial charge on any atom is 0.167 e. The van der Waals surface area contributed by atoms with Gasteiger partial charge in [-0.05, 0) is 6.92 Å². The number of aliphatic hydroxyl groups excluding tert-OH is 1. The van der Waals surface area contributed by atoms with Crippen LogP contribution in [0.3, 0.4) is 0 Å². The van der Waals surface area contributed by atoms with Gasteiger partial charge in [-0.1, -0.05) is 17.3 Å². The summed E-state index contributed by atoms with van der Waals surface area (Å²) in [6.45, 7) is 2.16. The molecular weight excluding hydrogens is 462 g/mol. The maximum absolute atomic E-state index is 9.66. The fourth-order valence-electron chi connectivity index (χ4n) is 2.24. The van der Waals surface area contributed by atoms with Crippen LogP contribution >= 0.6 is 0 Å². The van der Waals surface area contributed by atoms with E-state index in [1.54, 1.807) is 31.5 Å². The van der Waals surface area contributed by atoms with Crippen molar-refractivity contribution in [1.82, 2.24) is 14.7 Å². The van der Waals surface area contributed by atoms with Crippen LogP contribution in [0.5, 0.6) is 0 Å². The minimum atomic E-state index is -0.633. The zero-order valence-corrected chi connectivity index (χ0v) is 15.4. The Morgan fingerprint density at radius 3 is 2.74 bits per heavy atom. The Morgan fingerprint density at radius 1 is 1.35 bits per heavy atom. The van der Waals surface area contributed by atoms with Crippen molar-refractivity contribution in [2.24, 2.45) is 0 Å². The van der Waals surface area contributed by atoms with Crippen LogP contribution in [0.25, 0.3) is 11.3 Å². The molecule has 1 atom stereocenters. The van der Waals surface area contributed by atoms with Crippen molar-refractivity contribution in [1.29, 1.82) is 0 Å². The minimum Gasteiger partial charge on any atom is -0.385 e. The van der Waals surface area contributed by atoms with Crippen molar-refractivity contribution in [2.75, 3.05) is 0 Å². The van der Waals surface area contributed by atoms with Gasteiger partial charge in [-0.15, -0.1) is 17.7 Å². The first-order chi connectivity index (χ1) is 10.7. The summed E-state index contributed by atoms with van der Waals surface area (Å²) in [5.74, 6) is 3.58. The fourth-order valence-corrected chi connectivity index (χ4v) is 2.24. The molecule has 3 rings (SSSR count). The number of imidazole rings is 1. The molecule has 3 aromatic rings. The Morgan fingerprint density at radius 2 is 2.09 bits per heavy atom. The molecule has 0 aliphatic carbocycles. The van der Waals surface area contributed by atoms with E-state index in [-0.39, 0.29) is 21.1 Å². The third-order valence-electron chi connectivity index (χ3n) is 3.33. The average molecular weight is 476 g/mol. The second kappa shape index (κ2) is 7.41. The number of aliphatic hydroxyl groups is 1. The van der Waals surface area contributed by atoms with Gasteiger partial charge in [0.05, 0.1) is 6.54 Å². The van der Waals surface area contributed by atoms with Crippen molar-refractivity contribution < 1.29 is 30.7 Å². The normalized spacial score (nSPS) is 11.5. The van der Waals surface area contributed by atoms with E-state index in [0.717, 1.165) is 11.3 Å². The van der Waals surface area contributed by atoms with Gasteiger partial charge in [0.25, 0.3) is 0 Å². The molecule has 5 nitrogen and oxygen atoms in total. The van der Waals surface area contributed by atoms with Gasteiger partial charge in [0.2, 0.25) is 0 Å². The summed E-state index contributed by atoms with van der Waals surface area (Å²) >= 11 is 0. The van der Waals surface area contributed by atoms with Gasteiger partial charge in [0.15, 0.2) is 5.76 Å². The predicted octanol–water partition coefficient (Wildman–Crippen LogP) is 2.58. The van der Waals surface area contributed by atoms with Crippen LogP contribution in [-0.2, 0) is 27.6 Å². The standard InChI is InChI=1S/C17H14N3O2.W/c1-3-13-4-6-14(7-5-13)16-10-15(19-22-16)11-20-9-8-18-17(20)12(2)21;/h4-10,12,21H,11H2,2H3;/q-1;. The van der Waals surface area contributed by atoms with Crippen LogP contribution in [0, 0.1) is 12.3 Å². The molecule has 1 unspecified atom stereocenters. The molecular formula is C17H14N3O2W-. The molecule has 2 aromatic heterocycles. The van der Waals surface area contributed by atoms with Crippen LogP contribution in [0.1, 0.15) is 30.1 Å². The summed E-state index contributed by atoms with van der Waals surface area (Å²) < 4.78 is 7.19. The molecule has 116 valence electrons. The Kier molecular flexibility index (Phi) is 5.54.